The smallest absolute Gasteiger partial charge is 0.205 e. The van der Waals surface area contributed by atoms with Gasteiger partial charge < -0.3 is 5.32 Å². The Bertz CT molecular complexity index is 1720. The van der Waals surface area contributed by atoms with Crippen LogP contribution in [0.15, 0.2) is 71.7 Å². The van der Waals surface area contributed by atoms with Crippen molar-refractivity contribution in [3.05, 3.63) is 88.3 Å². The maximum absolute atomic E-state index is 13.6. The minimum absolute atomic E-state index is 0.0335. The van der Waals surface area contributed by atoms with Gasteiger partial charge in [0.25, 0.3) is 0 Å². The molecule has 6 aromatic rings. The first-order valence-electron chi connectivity index (χ1n) is 11.0. The van der Waals surface area contributed by atoms with E-state index < -0.39 is 0 Å². The lowest BCUT2D eigenvalue weighted by atomic mass is 10.0. The van der Waals surface area contributed by atoms with Gasteiger partial charge in [0, 0.05) is 40.7 Å². The molecular weight excluding hydrogens is 428 g/mol. The zero-order valence-electron chi connectivity index (χ0n) is 18.4. The van der Waals surface area contributed by atoms with Crippen LogP contribution in [0, 0.1) is 0 Å². The van der Waals surface area contributed by atoms with E-state index >= 15 is 0 Å². The van der Waals surface area contributed by atoms with Gasteiger partial charge >= 0.3 is 0 Å². The third kappa shape index (κ3) is 3.34. The Morgan fingerprint density at radius 2 is 1.91 bits per heavy atom. The van der Waals surface area contributed by atoms with Crippen LogP contribution in [0.2, 0.25) is 0 Å². The van der Waals surface area contributed by atoms with Gasteiger partial charge in [0.1, 0.15) is 5.82 Å². The summed E-state index contributed by atoms with van der Waals surface area (Å²) in [7, 11) is 0. The molecule has 9 nitrogen and oxygen atoms in total. The first-order valence-corrected chi connectivity index (χ1v) is 11.0. The Morgan fingerprint density at radius 1 is 1.00 bits per heavy atom. The fourth-order valence-corrected chi connectivity index (χ4v) is 4.26. The topological polar surface area (TPSA) is 114 Å². The number of anilines is 1. The van der Waals surface area contributed by atoms with Crippen molar-refractivity contribution in [2.45, 2.75) is 19.9 Å². The van der Waals surface area contributed by atoms with Crippen LogP contribution in [0.4, 0.5) is 5.82 Å². The second-order valence-corrected chi connectivity index (χ2v) is 8.03. The van der Waals surface area contributed by atoms with E-state index in [0.29, 0.717) is 23.1 Å². The van der Waals surface area contributed by atoms with Gasteiger partial charge in [-0.05, 0) is 40.1 Å². The van der Waals surface area contributed by atoms with Gasteiger partial charge in [-0.1, -0.05) is 43.3 Å². The second kappa shape index (κ2) is 8.04. The molecule has 0 aliphatic carbocycles. The molecule has 166 valence electrons. The van der Waals surface area contributed by atoms with Crippen molar-refractivity contribution in [1.29, 1.82) is 0 Å². The molecular formula is C25H20N8O. The molecule has 0 saturated carbocycles. The molecule has 0 aliphatic heterocycles. The van der Waals surface area contributed by atoms with Crippen molar-refractivity contribution in [3.8, 4) is 11.4 Å². The number of hydrogen-bond donors (Lipinski definition) is 2. The van der Waals surface area contributed by atoms with Crippen molar-refractivity contribution < 1.29 is 0 Å². The van der Waals surface area contributed by atoms with Gasteiger partial charge in [-0.25, -0.2) is 4.98 Å². The van der Waals surface area contributed by atoms with Crippen molar-refractivity contribution >= 4 is 33.0 Å². The van der Waals surface area contributed by atoms with Crippen LogP contribution in [-0.2, 0) is 13.0 Å². The fourth-order valence-electron chi connectivity index (χ4n) is 4.26. The number of hydrogen-bond acceptors (Lipinski definition) is 7. The summed E-state index contributed by atoms with van der Waals surface area (Å²) in [6.45, 7) is 2.59. The number of benzene rings is 2. The Labute approximate surface area is 193 Å². The highest BCUT2D eigenvalue weighted by Crippen LogP contribution is 2.27. The van der Waals surface area contributed by atoms with Gasteiger partial charge in [0.2, 0.25) is 5.82 Å². The molecule has 34 heavy (non-hydrogen) atoms. The zero-order chi connectivity index (χ0) is 23.1. The zero-order valence-corrected chi connectivity index (χ0v) is 18.4. The SMILES string of the molecule is CCc1cc(NCc2ccc3c(-c4nn[nH]n4)cc4ccccc4c(=O)c3c2)n2nccc2n1. The van der Waals surface area contributed by atoms with Crippen LogP contribution in [0.25, 0.3) is 38.6 Å². The number of aromatic amines is 1. The Morgan fingerprint density at radius 3 is 2.76 bits per heavy atom. The Kier molecular flexibility index (Phi) is 4.72. The van der Waals surface area contributed by atoms with E-state index in [4.69, 9.17) is 0 Å². The highest BCUT2D eigenvalue weighted by atomic mass is 16.1. The quantitative estimate of drug-likeness (QED) is 0.413. The van der Waals surface area contributed by atoms with Crippen molar-refractivity contribution in [2.24, 2.45) is 0 Å². The second-order valence-electron chi connectivity index (χ2n) is 8.03. The number of H-pyrrole nitrogens is 1. The Balaban J connectivity index is 1.48. The lowest BCUT2D eigenvalue weighted by molar-refractivity contribution is 0.881. The average Bonchev–Trinajstić information content (AvgIpc) is 3.56. The number of nitrogens with one attached hydrogen (secondary N) is 2. The summed E-state index contributed by atoms with van der Waals surface area (Å²) in [5, 5.41) is 25.2. The van der Waals surface area contributed by atoms with E-state index in [2.05, 4.69) is 42.9 Å². The molecule has 9 heteroatoms. The molecule has 0 radical (unpaired) electrons. The molecule has 0 bridgehead atoms. The van der Waals surface area contributed by atoms with Crippen molar-refractivity contribution in [1.82, 2.24) is 35.2 Å². The minimum atomic E-state index is -0.0335. The number of nitrogens with zero attached hydrogens (tertiary/aromatic N) is 6. The number of tetrazole rings is 1. The summed E-state index contributed by atoms with van der Waals surface area (Å²) in [5.74, 6) is 1.30. The summed E-state index contributed by atoms with van der Waals surface area (Å²) in [5.41, 5.74) is 3.47. The van der Waals surface area contributed by atoms with Crippen LogP contribution in [0.3, 0.4) is 0 Å². The average molecular weight is 448 g/mol. The third-order valence-electron chi connectivity index (χ3n) is 5.96. The van der Waals surface area contributed by atoms with Crippen LogP contribution >= 0.6 is 0 Å². The van der Waals surface area contributed by atoms with Crippen LogP contribution in [0.1, 0.15) is 18.2 Å². The summed E-state index contributed by atoms with van der Waals surface area (Å²) >= 11 is 0. The van der Waals surface area contributed by atoms with Gasteiger partial charge in [-0.15, -0.1) is 10.2 Å². The van der Waals surface area contributed by atoms with Crippen LogP contribution in [-0.4, -0.2) is 35.2 Å². The predicted octanol–water partition coefficient (Wildman–Crippen LogP) is 3.75. The largest absolute Gasteiger partial charge is 0.366 e. The minimum Gasteiger partial charge on any atom is -0.366 e. The molecule has 3 aromatic carbocycles. The fraction of sp³-hybridized carbons (Fsp3) is 0.120. The van der Waals surface area contributed by atoms with Gasteiger partial charge in [0.05, 0.1) is 6.20 Å². The lowest BCUT2D eigenvalue weighted by Gasteiger charge is -2.10. The lowest BCUT2D eigenvalue weighted by Crippen LogP contribution is -2.08. The highest BCUT2D eigenvalue weighted by Gasteiger charge is 2.13. The van der Waals surface area contributed by atoms with E-state index in [1.165, 1.54) is 0 Å². The molecule has 3 heterocycles. The molecule has 2 N–H and O–H groups in total. The molecule has 3 aromatic heterocycles. The van der Waals surface area contributed by atoms with Gasteiger partial charge in [0.15, 0.2) is 11.1 Å². The number of fused-ring (bicyclic) bond motifs is 3. The molecule has 0 amide bonds. The molecule has 0 unspecified atom stereocenters. The van der Waals surface area contributed by atoms with Gasteiger partial charge in [-0.2, -0.15) is 14.8 Å². The molecule has 0 aliphatic rings. The van der Waals surface area contributed by atoms with E-state index in [1.807, 2.05) is 60.7 Å². The van der Waals surface area contributed by atoms with Gasteiger partial charge in [-0.3, -0.25) is 4.79 Å². The van der Waals surface area contributed by atoms with E-state index in [1.54, 1.807) is 10.7 Å². The molecule has 0 spiro atoms. The number of aryl methyl sites for hydroxylation is 1. The molecule has 6 rings (SSSR count). The number of rotatable bonds is 5. The monoisotopic (exact) mass is 448 g/mol. The third-order valence-corrected chi connectivity index (χ3v) is 5.96. The van der Waals surface area contributed by atoms with Crippen LogP contribution < -0.4 is 10.7 Å². The summed E-state index contributed by atoms with van der Waals surface area (Å²) < 4.78 is 1.78. The predicted molar refractivity (Wildman–Crippen MR) is 131 cm³/mol. The van der Waals surface area contributed by atoms with Crippen LogP contribution in [0.5, 0.6) is 0 Å². The first kappa shape index (κ1) is 20.0. The maximum atomic E-state index is 13.6. The standard InChI is InChI=1S/C25H20N8O/c1-2-17-13-23(33-22(28-17)9-10-27-33)26-14-15-7-8-19-20(11-15)24(34)18-6-4-3-5-16(18)12-21(19)25-29-31-32-30-25/h3-13,26H,2,14H2,1H3,(H,29,30,31,32). The molecule has 0 saturated heterocycles. The summed E-state index contributed by atoms with van der Waals surface area (Å²) in [6, 6.07) is 19.3. The van der Waals surface area contributed by atoms with E-state index in [-0.39, 0.29) is 5.43 Å². The Hall–Kier alpha value is -4.66. The van der Waals surface area contributed by atoms with Crippen molar-refractivity contribution in [2.75, 3.05) is 5.32 Å². The number of aromatic nitrogens is 7. The van der Waals surface area contributed by atoms with Crippen molar-refractivity contribution in [3.63, 3.8) is 0 Å². The van der Waals surface area contributed by atoms with E-state index in [0.717, 1.165) is 45.5 Å². The highest BCUT2D eigenvalue weighted by molar-refractivity contribution is 6.01. The molecule has 0 fully saturated rings. The van der Waals surface area contributed by atoms with E-state index in [9.17, 15) is 4.79 Å². The molecule has 0 atom stereocenters. The summed E-state index contributed by atoms with van der Waals surface area (Å²) in [6.07, 6.45) is 2.56. The normalized spacial score (nSPS) is 11.4. The first-order chi connectivity index (χ1) is 16.7. The maximum Gasteiger partial charge on any atom is 0.205 e. The summed E-state index contributed by atoms with van der Waals surface area (Å²) in [4.78, 5) is 18.1.